The largest absolute Gasteiger partial charge is 0.490 e. The second-order valence-electron chi connectivity index (χ2n) is 8.98. The third kappa shape index (κ3) is 3.03. The summed E-state index contributed by atoms with van der Waals surface area (Å²) in [5.74, 6) is 1.81. The van der Waals surface area contributed by atoms with Crippen LogP contribution in [0, 0.1) is 11.8 Å². The molecule has 0 saturated heterocycles. The minimum Gasteiger partial charge on any atom is -0.490 e. The maximum absolute atomic E-state index is 6.48. The first-order valence-electron chi connectivity index (χ1n) is 10.9. The molecule has 156 valence electrons. The van der Waals surface area contributed by atoms with Crippen LogP contribution >= 0.6 is 0 Å². The van der Waals surface area contributed by atoms with Gasteiger partial charge in [-0.15, -0.1) is 0 Å². The Hall–Kier alpha value is -2.67. The van der Waals surface area contributed by atoms with Crippen LogP contribution in [0.25, 0.3) is 11.1 Å². The summed E-state index contributed by atoms with van der Waals surface area (Å²) in [5, 5.41) is 0. The summed E-state index contributed by atoms with van der Waals surface area (Å²) < 4.78 is 18.5. The molecule has 4 atom stereocenters. The van der Waals surface area contributed by atoms with Gasteiger partial charge in [0.2, 0.25) is 0 Å². The Morgan fingerprint density at radius 1 is 1.10 bits per heavy atom. The van der Waals surface area contributed by atoms with E-state index in [-0.39, 0.29) is 24.1 Å². The molecule has 1 spiro atoms. The lowest BCUT2D eigenvalue weighted by atomic mass is 9.67. The van der Waals surface area contributed by atoms with E-state index in [1.165, 1.54) is 19.2 Å². The first kappa shape index (κ1) is 18.1. The summed E-state index contributed by atoms with van der Waals surface area (Å²) in [7, 11) is 0. The van der Waals surface area contributed by atoms with Gasteiger partial charge in [0.25, 0.3) is 6.02 Å². The normalized spacial score (nSPS) is 32.0. The smallest absolute Gasteiger partial charge is 0.283 e. The number of ether oxygens (including phenoxy) is 3. The van der Waals surface area contributed by atoms with E-state index in [0.717, 1.165) is 54.2 Å². The maximum Gasteiger partial charge on any atom is 0.283 e. The van der Waals surface area contributed by atoms with Crippen LogP contribution in [-0.4, -0.2) is 41.4 Å². The third-order valence-electron chi connectivity index (χ3n) is 6.98. The maximum atomic E-state index is 6.48. The van der Waals surface area contributed by atoms with Gasteiger partial charge < -0.3 is 19.9 Å². The van der Waals surface area contributed by atoms with E-state index in [4.69, 9.17) is 24.9 Å². The van der Waals surface area contributed by atoms with Crippen molar-refractivity contribution in [3.05, 3.63) is 42.5 Å². The van der Waals surface area contributed by atoms with E-state index in [1.54, 1.807) is 0 Å². The SMILES string of the molecule is NC1=N[C@@]2(CO1)c1cc(-c3cncnc3)ccc1O[C@H]1CC[C@H](OCC3CC3)C[C@@H]12. The Labute approximate surface area is 175 Å². The Morgan fingerprint density at radius 2 is 1.97 bits per heavy atom. The van der Waals surface area contributed by atoms with Gasteiger partial charge in [-0.2, -0.15) is 0 Å². The number of aliphatic imine (C=N–C) groups is 1. The van der Waals surface area contributed by atoms with Crippen LogP contribution in [0.5, 0.6) is 5.75 Å². The van der Waals surface area contributed by atoms with Crippen LogP contribution in [-0.2, 0) is 15.0 Å². The molecule has 0 radical (unpaired) electrons. The van der Waals surface area contributed by atoms with Crippen molar-refractivity contribution >= 4 is 6.02 Å². The van der Waals surface area contributed by atoms with E-state index >= 15 is 0 Å². The van der Waals surface area contributed by atoms with E-state index in [1.807, 2.05) is 18.5 Å². The first-order chi connectivity index (χ1) is 14.7. The van der Waals surface area contributed by atoms with Crippen molar-refractivity contribution in [2.45, 2.75) is 49.9 Å². The average Bonchev–Trinajstić information content (AvgIpc) is 3.54. The quantitative estimate of drug-likeness (QED) is 0.839. The zero-order valence-corrected chi connectivity index (χ0v) is 16.9. The Balaban J connectivity index is 1.38. The molecule has 2 N–H and O–H groups in total. The lowest BCUT2D eigenvalue weighted by Crippen LogP contribution is -2.52. The van der Waals surface area contributed by atoms with Crippen LogP contribution in [0.15, 0.2) is 41.9 Å². The zero-order chi connectivity index (χ0) is 20.1. The number of fused-ring (bicyclic) bond motifs is 4. The highest BCUT2D eigenvalue weighted by Crippen LogP contribution is 2.53. The van der Waals surface area contributed by atoms with Gasteiger partial charge in [-0.25, -0.2) is 15.0 Å². The average molecular weight is 406 g/mol. The van der Waals surface area contributed by atoms with E-state index in [2.05, 4.69) is 22.1 Å². The van der Waals surface area contributed by atoms with Gasteiger partial charge in [0.15, 0.2) is 0 Å². The fourth-order valence-corrected chi connectivity index (χ4v) is 5.19. The second kappa shape index (κ2) is 6.94. The second-order valence-corrected chi connectivity index (χ2v) is 8.98. The molecule has 6 rings (SSSR count). The molecule has 30 heavy (non-hydrogen) atoms. The first-order valence-corrected chi connectivity index (χ1v) is 10.9. The molecular weight excluding hydrogens is 380 g/mol. The Bertz CT molecular complexity index is 978. The lowest BCUT2D eigenvalue weighted by Gasteiger charge is -2.48. The van der Waals surface area contributed by atoms with Crippen LogP contribution in [0.1, 0.15) is 37.7 Å². The van der Waals surface area contributed by atoms with Gasteiger partial charge in [-0.3, -0.25) is 0 Å². The monoisotopic (exact) mass is 406 g/mol. The molecule has 0 bridgehead atoms. The number of nitrogens with zero attached hydrogens (tertiary/aromatic N) is 3. The standard InChI is InChI=1S/C23H26N4O3/c24-22-27-23(12-29-22)18-7-15(16-9-25-13-26-10-16)3-5-20(18)30-21-6-4-17(8-19(21)23)28-11-14-1-2-14/h3,5,7,9-10,13-14,17,19,21H,1-2,4,6,8,11-12H2,(H2,24,27)/t17-,19-,21-,23-/m0/s1. The molecule has 2 fully saturated rings. The fourth-order valence-electron chi connectivity index (χ4n) is 5.19. The van der Waals surface area contributed by atoms with Crippen molar-refractivity contribution in [1.29, 1.82) is 0 Å². The number of hydrogen-bond acceptors (Lipinski definition) is 7. The molecule has 4 aliphatic rings. The predicted molar refractivity (Wildman–Crippen MR) is 111 cm³/mol. The van der Waals surface area contributed by atoms with Crippen LogP contribution in [0.3, 0.4) is 0 Å². The molecule has 0 unspecified atom stereocenters. The summed E-state index contributed by atoms with van der Waals surface area (Å²) in [6.45, 7) is 1.33. The van der Waals surface area contributed by atoms with E-state index in [9.17, 15) is 0 Å². The van der Waals surface area contributed by atoms with Crippen LogP contribution in [0.4, 0.5) is 0 Å². The number of nitrogens with two attached hydrogens (primary N) is 1. The highest BCUT2D eigenvalue weighted by atomic mass is 16.5. The molecule has 1 aromatic carbocycles. The molecule has 2 aromatic rings. The molecule has 7 heteroatoms. The topological polar surface area (TPSA) is 91.9 Å². The van der Waals surface area contributed by atoms with Crippen molar-refractivity contribution in [1.82, 2.24) is 9.97 Å². The minimum absolute atomic E-state index is 0.0995. The van der Waals surface area contributed by atoms with Crippen molar-refractivity contribution in [3.8, 4) is 16.9 Å². The minimum atomic E-state index is -0.532. The highest BCUT2D eigenvalue weighted by molar-refractivity contribution is 5.75. The van der Waals surface area contributed by atoms with Gasteiger partial charge in [0.1, 0.15) is 30.3 Å². The Kier molecular flexibility index (Phi) is 4.19. The summed E-state index contributed by atoms with van der Waals surface area (Å²) in [4.78, 5) is 13.2. The molecule has 0 amide bonds. The van der Waals surface area contributed by atoms with Gasteiger partial charge >= 0.3 is 0 Å². The highest BCUT2D eigenvalue weighted by Gasteiger charge is 2.55. The molecule has 2 aliphatic heterocycles. The predicted octanol–water partition coefficient (Wildman–Crippen LogP) is 3.04. The van der Waals surface area contributed by atoms with Gasteiger partial charge in [0.05, 0.1) is 6.10 Å². The lowest BCUT2D eigenvalue weighted by molar-refractivity contribution is -0.0643. The summed E-state index contributed by atoms with van der Waals surface area (Å²) in [6.07, 6.45) is 11.0. The number of hydrogen-bond donors (Lipinski definition) is 1. The molecule has 2 aliphatic carbocycles. The molecular formula is C23H26N4O3. The van der Waals surface area contributed by atoms with Gasteiger partial charge in [-0.1, -0.05) is 6.07 Å². The van der Waals surface area contributed by atoms with Crippen molar-refractivity contribution in [2.24, 2.45) is 22.6 Å². The zero-order valence-electron chi connectivity index (χ0n) is 16.9. The van der Waals surface area contributed by atoms with E-state index in [0.29, 0.717) is 6.61 Å². The number of amidine groups is 1. The van der Waals surface area contributed by atoms with Crippen LogP contribution in [0.2, 0.25) is 0 Å². The number of benzene rings is 1. The molecule has 3 heterocycles. The summed E-state index contributed by atoms with van der Waals surface area (Å²) in [5.41, 5.74) is 8.55. The fraction of sp³-hybridized carbons (Fsp3) is 0.522. The van der Waals surface area contributed by atoms with E-state index < -0.39 is 5.54 Å². The third-order valence-corrected chi connectivity index (χ3v) is 6.98. The van der Waals surface area contributed by atoms with Crippen molar-refractivity contribution < 1.29 is 14.2 Å². The Morgan fingerprint density at radius 3 is 2.73 bits per heavy atom. The van der Waals surface area contributed by atoms with Crippen molar-refractivity contribution in [2.75, 3.05) is 13.2 Å². The van der Waals surface area contributed by atoms with Gasteiger partial charge in [-0.05, 0) is 55.7 Å². The van der Waals surface area contributed by atoms with Gasteiger partial charge in [0, 0.05) is 36.0 Å². The summed E-state index contributed by atoms with van der Waals surface area (Å²) >= 11 is 0. The number of aromatic nitrogens is 2. The molecule has 1 aromatic heterocycles. The summed E-state index contributed by atoms with van der Waals surface area (Å²) in [6, 6.07) is 6.49. The van der Waals surface area contributed by atoms with Crippen LogP contribution < -0.4 is 10.5 Å². The number of rotatable bonds is 4. The van der Waals surface area contributed by atoms with Crippen molar-refractivity contribution in [3.63, 3.8) is 0 Å². The molecule has 7 nitrogen and oxygen atoms in total. The molecule has 2 saturated carbocycles.